The molecular weight excluding hydrogens is 158 g/mol. The van der Waals surface area contributed by atoms with Gasteiger partial charge in [0.1, 0.15) is 0 Å². The molecule has 0 amide bonds. The van der Waals surface area contributed by atoms with Crippen LogP contribution in [0.2, 0.25) is 0 Å². The molecule has 0 radical (unpaired) electrons. The van der Waals surface area contributed by atoms with Crippen molar-refractivity contribution in [2.75, 3.05) is 32.8 Å². The predicted molar refractivity (Wildman–Crippen MR) is 46.9 cm³/mol. The van der Waals surface area contributed by atoms with Crippen LogP contribution in [-0.4, -0.2) is 59.2 Å². The van der Waals surface area contributed by atoms with E-state index in [9.17, 15) is 0 Å². The van der Waals surface area contributed by atoms with Crippen molar-refractivity contribution < 1.29 is 15.3 Å². The lowest BCUT2D eigenvalue weighted by molar-refractivity contribution is 0.126. The van der Waals surface area contributed by atoms with Gasteiger partial charge in [-0.25, -0.2) is 0 Å². The van der Waals surface area contributed by atoms with E-state index in [1.165, 1.54) is 0 Å². The van der Waals surface area contributed by atoms with E-state index in [0.717, 1.165) is 6.54 Å². The van der Waals surface area contributed by atoms with Gasteiger partial charge in [-0.3, -0.25) is 4.90 Å². The van der Waals surface area contributed by atoms with Gasteiger partial charge in [0, 0.05) is 19.6 Å². The Hall–Kier alpha value is -0.160. The first kappa shape index (κ1) is 11.8. The Bertz CT molecular complexity index is 92.3. The summed E-state index contributed by atoms with van der Waals surface area (Å²) in [6.45, 7) is 3.77. The zero-order valence-electron chi connectivity index (χ0n) is 7.61. The second-order valence-electron chi connectivity index (χ2n) is 2.93. The van der Waals surface area contributed by atoms with Crippen molar-refractivity contribution in [3.63, 3.8) is 0 Å². The zero-order valence-corrected chi connectivity index (χ0v) is 7.61. The topological polar surface area (TPSA) is 63.9 Å². The Labute approximate surface area is 73.4 Å². The van der Waals surface area contributed by atoms with Crippen molar-refractivity contribution in [2.24, 2.45) is 0 Å². The molecule has 0 aliphatic carbocycles. The first-order chi connectivity index (χ1) is 5.70. The zero-order chi connectivity index (χ0) is 9.40. The summed E-state index contributed by atoms with van der Waals surface area (Å²) >= 11 is 0. The monoisotopic (exact) mass is 177 g/mol. The average molecular weight is 177 g/mol. The maximum atomic E-state index is 8.99. The molecule has 4 nitrogen and oxygen atoms in total. The largest absolute Gasteiger partial charge is 0.395 e. The molecule has 12 heavy (non-hydrogen) atoms. The lowest BCUT2D eigenvalue weighted by Gasteiger charge is -2.20. The SMILES string of the molecule is CC(O)CCN(CCO)CCO. The van der Waals surface area contributed by atoms with Crippen LogP contribution in [0.25, 0.3) is 0 Å². The van der Waals surface area contributed by atoms with Gasteiger partial charge in [0.15, 0.2) is 0 Å². The third-order valence-electron chi connectivity index (χ3n) is 1.70. The van der Waals surface area contributed by atoms with E-state index in [2.05, 4.69) is 0 Å². The van der Waals surface area contributed by atoms with Crippen LogP contribution in [0.3, 0.4) is 0 Å². The maximum Gasteiger partial charge on any atom is 0.0558 e. The van der Waals surface area contributed by atoms with E-state index in [-0.39, 0.29) is 19.3 Å². The quantitative estimate of drug-likeness (QED) is 0.469. The fraction of sp³-hybridized carbons (Fsp3) is 1.00. The second kappa shape index (κ2) is 7.49. The molecule has 0 spiro atoms. The van der Waals surface area contributed by atoms with Crippen LogP contribution >= 0.6 is 0 Å². The van der Waals surface area contributed by atoms with E-state index in [0.29, 0.717) is 19.5 Å². The highest BCUT2D eigenvalue weighted by Crippen LogP contribution is 1.94. The van der Waals surface area contributed by atoms with E-state index >= 15 is 0 Å². The normalized spacial score (nSPS) is 13.8. The molecule has 3 N–H and O–H groups in total. The summed E-state index contributed by atoms with van der Waals surface area (Å²) in [5.41, 5.74) is 0. The van der Waals surface area contributed by atoms with E-state index in [1.54, 1.807) is 6.92 Å². The smallest absolute Gasteiger partial charge is 0.0558 e. The average Bonchev–Trinajstić information content (AvgIpc) is 2.01. The summed E-state index contributed by atoms with van der Waals surface area (Å²) in [6, 6.07) is 0. The molecule has 0 bridgehead atoms. The molecule has 0 saturated carbocycles. The van der Waals surface area contributed by atoms with Crippen LogP contribution < -0.4 is 0 Å². The van der Waals surface area contributed by atoms with Crippen molar-refractivity contribution in [3.05, 3.63) is 0 Å². The number of rotatable bonds is 7. The summed E-state index contributed by atoms with van der Waals surface area (Å²) in [4.78, 5) is 1.92. The van der Waals surface area contributed by atoms with Gasteiger partial charge in [-0.15, -0.1) is 0 Å². The van der Waals surface area contributed by atoms with Gasteiger partial charge in [-0.1, -0.05) is 0 Å². The van der Waals surface area contributed by atoms with Gasteiger partial charge >= 0.3 is 0 Å². The maximum absolute atomic E-state index is 8.99. The lowest BCUT2D eigenvalue weighted by Crippen LogP contribution is -2.32. The van der Waals surface area contributed by atoms with Gasteiger partial charge in [0.25, 0.3) is 0 Å². The summed E-state index contributed by atoms with van der Waals surface area (Å²) in [6.07, 6.45) is 0.366. The van der Waals surface area contributed by atoms with Crippen molar-refractivity contribution in [1.29, 1.82) is 0 Å². The highest BCUT2D eigenvalue weighted by molar-refractivity contribution is 4.58. The third-order valence-corrected chi connectivity index (χ3v) is 1.70. The summed E-state index contributed by atoms with van der Waals surface area (Å²) < 4.78 is 0. The molecule has 0 aliphatic rings. The molecule has 1 unspecified atom stereocenters. The molecule has 0 rings (SSSR count). The van der Waals surface area contributed by atoms with Gasteiger partial charge < -0.3 is 15.3 Å². The molecule has 0 heterocycles. The highest BCUT2D eigenvalue weighted by Gasteiger charge is 2.04. The van der Waals surface area contributed by atoms with Gasteiger partial charge in [-0.05, 0) is 13.3 Å². The molecule has 1 atom stereocenters. The number of nitrogens with zero attached hydrogens (tertiary/aromatic N) is 1. The van der Waals surface area contributed by atoms with E-state index in [4.69, 9.17) is 15.3 Å². The molecule has 0 aromatic rings. The Kier molecular flexibility index (Phi) is 7.39. The Morgan fingerprint density at radius 3 is 1.92 bits per heavy atom. The van der Waals surface area contributed by atoms with Crippen LogP contribution in [-0.2, 0) is 0 Å². The molecule has 0 aliphatic heterocycles. The fourth-order valence-electron chi connectivity index (χ4n) is 0.988. The van der Waals surface area contributed by atoms with E-state index in [1.807, 2.05) is 4.90 Å². The number of hydrogen-bond acceptors (Lipinski definition) is 4. The van der Waals surface area contributed by atoms with Crippen LogP contribution in [0.1, 0.15) is 13.3 Å². The standard InChI is InChI=1S/C8H19NO3/c1-8(12)2-3-9(4-6-10)5-7-11/h8,10-12H,2-7H2,1H3. The van der Waals surface area contributed by atoms with Crippen molar-refractivity contribution in [1.82, 2.24) is 4.90 Å². The van der Waals surface area contributed by atoms with E-state index < -0.39 is 0 Å². The highest BCUT2D eigenvalue weighted by atomic mass is 16.3. The number of hydrogen-bond donors (Lipinski definition) is 3. The Balaban J connectivity index is 3.48. The van der Waals surface area contributed by atoms with Gasteiger partial charge in [0.2, 0.25) is 0 Å². The molecule has 4 heteroatoms. The molecular formula is C8H19NO3. The Morgan fingerprint density at radius 1 is 1.08 bits per heavy atom. The molecule has 0 fully saturated rings. The third kappa shape index (κ3) is 6.54. The minimum Gasteiger partial charge on any atom is -0.395 e. The van der Waals surface area contributed by atoms with Crippen LogP contribution in [0, 0.1) is 0 Å². The second-order valence-corrected chi connectivity index (χ2v) is 2.93. The van der Waals surface area contributed by atoms with Crippen molar-refractivity contribution in [3.8, 4) is 0 Å². The van der Waals surface area contributed by atoms with Crippen molar-refractivity contribution in [2.45, 2.75) is 19.4 Å². The minimum absolute atomic E-state index is 0.0970. The van der Waals surface area contributed by atoms with Gasteiger partial charge in [-0.2, -0.15) is 0 Å². The van der Waals surface area contributed by atoms with Crippen LogP contribution in [0.15, 0.2) is 0 Å². The first-order valence-corrected chi connectivity index (χ1v) is 4.32. The summed E-state index contributed by atoms with van der Waals surface area (Å²) in [7, 11) is 0. The number of aliphatic hydroxyl groups excluding tert-OH is 3. The lowest BCUT2D eigenvalue weighted by atomic mass is 10.2. The minimum atomic E-state index is -0.315. The molecule has 0 aromatic heterocycles. The molecule has 0 aromatic carbocycles. The molecule has 0 saturated heterocycles. The molecule has 74 valence electrons. The van der Waals surface area contributed by atoms with Crippen LogP contribution in [0.5, 0.6) is 0 Å². The summed E-state index contributed by atoms with van der Waals surface area (Å²) in [5, 5.41) is 26.3. The van der Waals surface area contributed by atoms with Gasteiger partial charge in [0.05, 0.1) is 19.3 Å². The van der Waals surface area contributed by atoms with Crippen LogP contribution in [0.4, 0.5) is 0 Å². The van der Waals surface area contributed by atoms with Crippen molar-refractivity contribution >= 4 is 0 Å². The first-order valence-electron chi connectivity index (χ1n) is 4.32. The predicted octanol–water partition coefficient (Wildman–Crippen LogP) is -0.956. The summed E-state index contributed by atoms with van der Waals surface area (Å²) in [5.74, 6) is 0. The fourth-order valence-corrected chi connectivity index (χ4v) is 0.988. The Morgan fingerprint density at radius 2 is 1.58 bits per heavy atom. The number of aliphatic hydroxyl groups is 3.